The Morgan fingerprint density at radius 1 is 1.29 bits per heavy atom. The fourth-order valence-electron chi connectivity index (χ4n) is 2.66. The highest BCUT2D eigenvalue weighted by molar-refractivity contribution is 7.89. The van der Waals surface area contributed by atoms with E-state index in [1.807, 2.05) is 6.07 Å². The largest absolute Gasteiger partial charge is 0.493 e. The Kier molecular flexibility index (Phi) is 4.57. The number of hydrogen-bond donors (Lipinski definition) is 2. The third-order valence-electron chi connectivity index (χ3n) is 4.17. The third-order valence-corrected chi connectivity index (χ3v) is 5.98. The van der Waals surface area contributed by atoms with Gasteiger partial charge in [0.1, 0.15) is 11.4 Å². The third kappa shape index (κ3) is 3.28. The van der Waals surface area contributed by atoms with E-state index in [1.54, 1.807) is 31.2 Å². The monoisotopic (exact) mass is 367 g/mol. The van der Waals surface area contributed by atoms with Gasteiger partial charge in [-0.05, 0) is 30.7 Å². The maximum atomic E-state index is 12.5. The van der Waals surface area contributed by atoms with Crippen LogP contribution in [0.25, 0.3) is 0 Å². The first-order valence-corrected chi connectivity index (χ1v) is 9.38. The fourth-order valence-corrected chi connectivity index (χ4v) is 4.02. The van der Waals surface area contributed by atoms with E-state index in [2.05, 4.69) is 4.72 Å². The van der Waals surface area contributed by atoms with Crippen LogP contribution < -0.4 is 9.46 Å². The van der Waals surface area contributed by atoms with Gasteiger partial charge in [-0.15, -0.1) is 0 Å². The van der Waals surface area contributed by atoms with Gasteiger partial charge in [0.05, 0.1) is 11.5 Å². The molecule has 0 aliphatic carbocycles. The number of para-hydroxylation sites is 1. The van der Waals surface area contributed by atoms with Gasteiger partial charge in [-0.2, -0.15) is 0 Å². The highest BCUT2D eigenvalue weighted by atomic mass is 35.5. The zero-order valence-electron chi connectivity index (χ0n) is 13.1. The van der Waals surface area contributed by atoms with Gasteiger partial charge in [0.25, 0.3) is 0 Å². The first-order valence-electron chi connectivity index (χ1n) is 7.52. The molecule has 0 bridgehead atoms. The van der Waals surface area contributed by atoms with E-state index in [0.717, 1.165) is 5.56 Å². The van der Waals surface area contributed by atoms with Crippen LogP contribution in [0.2, 0.25) is 5.02 Å². The number of ether oxygens (including phenoxy) is 1. The van der Waals surface area contributed by atoms with Crippen LogP contribution in [0.3, 0.4) is 0 Å². The van der Waals surface area contributed by atoms with Gasteiger partial charge in [0.2, 0.25) is 10.0 Å². The van der Waals surface area contributed by atoms with E-state index in [9.17, 15) is 13.5 Å². The molecule has 2 aromatic rings. The fraction of sp³-hybridized carbons (Fsp3) is 0.294. The average molecular weight is 368 g/mol. The molecule has 0 saturated carbocycles. The Bertz CT molecular complexity index is 869. The van der Waals surface area contributed by atoms with Crippen molar-refractivity contribution in [1.82, 2.24) is 4.72 Å². The van der Waals surface area contributed by atoms with Crippen LogP contribution in [0, 0.1) is 6.92 Å². The standard InChI is InChI=1S/C17H18ClNO4S/c1-12-6-7-13(10-15(12)18)24(21,22)19-11-17(20)8-9-23-16-5-3-2-4-14(16)17/h2-7,10,19-20H,8-9,11H2,1H3. The first kappa shape index (κ1) is 17.2. The van der Waals surface area contributed by atoms with Gasteiger partial charge >= 0.3 is 0 Å². The van der Waals surface area contributed by atoms with E-state index in [0.29, 0.717) is 29.4 Å². The number of benzene rings is 2. The summed E-state index contributed by atoms with van der Waals surface area (Å²) in [6.45, 7) is 1.99. The van der Waals surface area contributed by atoms with Gasteiger partial charge < -0.3 is 9.84 Å². The molecule has 1 aliphatic heterocycles. The molecule has 1 heterocycles. The molecule has 5 nitrogen and oxygen atoms in total. The molecule has 0 aromatic heterocycles. The second-order valence-corrected chi connectivity index (χ2v) is 8.04. The summed E-state index contributed by atoms with van der Waals surface area (Å²) in [6, 6.07) is 11.6. The van der Waals surface area contributed by atoms with Crippen molar-refractivity contribution >= 4 is 21.6 Å². The summed E-state index contributed by atoms with van der Waals surface area (Å²) >= 11 is 6.00. The Balaban J connectivity index is 1.83. The van der Waals surface area contributed by atoms with Gasteiger partial charge in [-0.1, -0.05) is 35.9 Å². The Morgan fingerprint density at radius 2 is 2.04 bits per heavy atom. The second-order valence-electron chi connectivity index (χ2n) is 5.86. The van der Waals surface area contributed by atoms with Crippen LogP contribution in [0.15, 0.2) is 47.4 Å². The lowest BCUT2D eigenvalue weighted by Gasteiger charge is -2.34. The summed E-state index contributed by atoms with van der Waals surface area (Å²) in [5.74, 6) is 0.573. The molecule has 1 aliphatic rings. The Morgan fingerprint density at radius 3 is 2.79 bits per heavy atom. The van der Waals surface area contributed by atoms with Crippen molar-refractivity contribution in [3.63, 3.8) is 0 Å². The predicted octanol–water partition coefficient (Wildman–Crippen LogP) is 2.60. The molecule has 24 heavy (non-hydrogen) atoms. The molecule has 128 valence electrons. The lowest BCUT2D eigenvalue weighted by Crippen LogP contribution is -2.43. The summed E-state index contributed by atoms with van der Waals surface area (Å²) in [7, 11) is -3.77. The zero-order valence-corrected chi connectivity index (χ0v) is 14.7. The molecule has 0 saturated heterocycles. The normalized spacial score (nSPS) is 20.3. The summed E-state index contributed by atoms with van der Waals surface area (Å²) in [5.41, 5.74) is 0.0737. The van der Waals surface area contributed by atoms with Crippen molar-refractivity contribution in [2.45, 2.75) is 23.8 Å². The number of halogens is 1. The summed E-state index contributed by atoms with van der Waals surface area (Å²) in [5, 5.41) is 11.3. The maximum absolute atomic E-state index is 12.5. The Labute approximate surface area is 146 Å². The molecule has 3 rings (SSSR count). The number of fused-ring (bicyclic) bond motifs is 1. The van der Waals surface area contributed by atoms with Crippen molar-refractivity contribution in [3.05, 3.63) is 58.6 Å². The lowest BCUT2D eigenvalue weighted by atomic mass is 9.88. The van der Waals surface area contributed by atoms with E-state index in [1.165, 1.54) is 12.1 Å². The van der Waals surface area contributed by atoms with Crippen molar-refractivity contribution < 1.29 is 18.3 Å². The predicted molar refractivity (Wildman–Crippen MR) is 91.8 cm³/mol. The average Bonchev–Trinajstić information content (AvgIpc) is 2.56. The van der Waals surface area contributed by atoms with E-state index < -0.39 is 15.6 Å². The Hall–Kier alpha value is -1.60. The van der Waals surface area contributed by atoms with E-state index >= 15 is 0 Å². The summed E-state index contributed by atoms with van der Waals surface area (Å²) in [6.07, 6.45) is 0.307. The van der Waals surface area contributed by atoms with Gasteiger partial charge in [-0.25, -0.2) is 13.1 Å². The molecular weight excluding hydrogens is 350 g/mol. The summed E-state index contributed by atoms with van der Waals surface area (Å²) < 4.78 is 33.0. The van der Waals surface area contributed by atoms with Crippen molar-refractivity contribution in [1.29, 1.82) is 0 Å². The van der Waals surface area contributed by atoms with E-state index in [-0.39, 0.29) is 11.4 Å². The molecule has 7 heteroatoms. The molecule has 0 radical (unpaired) electrons. The quantitative estimate of drug-likeness (QED) is 0.871. The topological polar surface area (TPSA) is 75.6 Å². The number of aryl methyl sites for hydroxylation is 1. The zero-order chi connectivity index (χ0) is 17.4. The smallest absolute Gasteiger partial charge is 0.240 e. The number of sulfonamides is 1. The maximum Gasteiger partial charge on any atom is 0.240 e. The minimum Gasteiger partial charge on any atom is -0.493 e. The molecule has 0 fully saturated rings. The SMILES string of the molecule is Cc1ccc(S(=O)(=O)NCC2(O)CCOc3ccccc32)cc1Cl. The number of rotatable bonds is 4. The molecule has 1 atom stereocenters. The van der Waals surface area contributed by atoms with Crippen LogP contribution in [0.1, 0.15) is 17.5 Å². The minimum atomic E-state index is -3.77. The van der Waals surface area contributed by atoms with Gasteiger partial charge in [0, 0.05) is 23.6 Å². The number of aliphatic hydroxyl groups is 1. The first-order chi connectivity index (χ1) is 11.3. The van der Waals surface area contributed by atoms with Crippen molar-refractivity contribution in [2.75, 3.05) is 13.2 Å². The van der Waals surface area contributed by atoms with Crippen LogP contribution in [0.4, 0.5) is 0 Å². The van der Waals surface area contributed by atoms with Crippen molar-refractivity contribution in [3.8, 4) is 5.75 Å². The molecular formula is C17H18ClNO4S. The lowest BCUT2D eigenvalue weighted by molar-refractivity contribution is 0.00219. The molecule has 1 unspecified atom stereocenters. The molecule has 2 N–H and O–H groups in total. The molecule has 2 aromatic carbocycles. The summed E-state index contributed by atoms with van der Waals surface area (Å²) in [4.78, 5) is 0.0713. The van der Waals surface area contributed by atoms with Gasteiger partial charge in [0.15, 0.2) is 0 Å². The second kappa shape index (κ2) is 6.37. The van der Waals surface area contributed by atoms with Crippen LogP contribution >= 0.6 is 11.6 Å². The highest BCUT2D eigenvalue weighted by Gasteiger charge is 2.36. The van der Waals surface area contributed by atoms with Gasteiger partial charge in [-0.3, -0.25) is 0 Å². The van der Waals surface area contributed by atoms with Crippen LogP contribution in [0.5, 0.6) is 5.75 Å². The van der Waals surface area contributed by atoms with Crippen LogP contribution in [-0.2, 0) is 15.6 Å². The minimum absolute atomic E-state index is 0.0713. The molecule has 0 spiro atoms. The van der Waals surface area contributed by atoms with E-state index in [4.69, 9.17) is 16.3 Å². The molecule has 0 amide bonds. The number of hydrogen-bond acceptors (Lipinski definition) is 4. The highest BCUT2D eigenvalue weighted by Crippen LogP contribution is 2.36. The number of nitrogens with one attached hydrogen (secondary N) is 1. The van der Waals surface area contributed by atoms with Crippen molar-refractivity contribution in [2.24, 2.45) is 0 Å². The van der Waals surface area contributed by atoms with Crippen LogP contribution in [-0.4, -0.2) is 26.7 Å².